The van der Waals surface area contributed by atoms with Gasteiger partial charge < -0.3 is 44.3 Å². The molecule has 7 rings (SSSR count). The van der Waals surface area contributed by atoms with E-state index in [1.165, 1.54) is 50.2 Å². The lowest BCUT2D eigenvalue weighted by molar-refractivity contribution is -0.346. The van der Waals surface area contributed by atoms with Crippen LogP contribution in [-0.2, 0) is 42.9 Å². The summed E-state index contributed by atoms with van der Waals surface area (Å²) in [5, 5.41) is 40.6. The minimum atomic E-state index is -2.41. The first-order chi connectivity index (χ1) is 29.7. The van der Waals surface area contributed by atoms with Gasteiger partial charge in [-0.05, 0) is 67.0 Å². The number of nitrogens with one attached hydrogen (secondary N) is 1. The molecule has 2 saturated carbocycles. The number of rotatable bonds is 10. The molecule has 2 bridgehead atoms. The summed E-state index contributed by atoms with van der Waals surface area (Å²) in [7, 11) is 0. The number of carbonyl (C=O) groups is 6. The molecular weight excluding hydrogens is 838 g/mol. The number of fused-ring (bicyclic) bond motifs is 5. The summed E-state index contributed by atoms with van der Waals surface area (Å²) in [6, 6.07) is 20.6. The van der Waals surface area contributed by atoms with Crippen LogP contribution in [0.5, 0.6) is 0 Å². The Labute approximate surface area is 368 Å². The zero-order chi connectivity index (χ0) is 45.8. The Hall–Kier alpha value is -5.45. The van der Waals surface area contributed by atoms with Crippen molar-refractivity contribution in [2.24, 2.45) is 16.7 Å². The van der Waals surface area contributed by atoms with E-state index in [1.807, 2.05) is 0 Å². The lowest BCUT2D eigenvalue weighted by Crippen LogP contribution is -2.82. The van der Waals surface area contributed by atoms with E-state index in [0.29, 0.717) is 5.02 Å². The number of ketones is 1. The van der Waals surface area contributed by atoms with E-state index in [1.54, 1.807) is 62.4 Å². The molecule has 63 heavy (non-hydrogen) atoms. The van der Waals surface area contributed by atoms with Crippen molar-refractivity contribution in [3.05, 3.63) is 118 Å². The van der Waals surface area contributed by atoms with Crippen molar-refractivity contribution >= 4 is 47.2 Å². The summed E-state index contributed by atoms with van der Waals surface area (Å²) >= 11 is 6.16. The van der Waals surface area contributed by atoms with Crippen LogP contribution in [-0.4, -0.2) is 105 Å². The Bertz CT molecular complexity index is 2340. The summed E-state index contributed by atoms with van der Waals surface area (Å²) < 4.78 is 30.3. The molecule has 4 N–H and O–H groups in total. The summed E-state index contributed by atoms with van der Waals surface area (Å²) in [5.41, 5.74) is -7.21. The largest absolute Gasteiger partial charge is 0.456 e. The molecule has 11 atom stereocenters. The normalized spacial score (nSPS) is 31.6. The number of halogens is 1. The van der Waals surface area contributed by atoms with Gasteiger partial charge in [-0.2, -0.15) is 0 Å². The quantitative estimate of drug-likeness (QED) is 0.126. The smallest absolute Gasteiger partial charge is 0.338 e. The highest BCUT2D eigenvalue weighted by Gasteiger charge is 2.78. The molecule has 3 aliphatic carbocycles. The molecule has 4 aliphatic rings. The van der Waals surface area contributed by atoms with E-state index in [2.05, 4.69) is 5.32 Å². The fourth-order valence-electron chi connectivity index (χ4n) is 10.2. The van der Waals surface area contributed by atoms with Gasteiger partial charge in [-0.15, -0.1) is 0 Å². The van der Waals surface area contributed by atoms with E-state index in [-0.39, 0.29) is 40.9 Å². The lowest BCUT2D eigenvalue weighted by atomic mass is 9.44. The van der Waals surface area contributed by atoms with Crippen molar-refractivity contribution in [1.29, 1.82) is 0 Å². The van der Waals surface area contributed by atoms with Crippen LogP contribution in [0.1, 0.15) is 86.7 Å². The van der Waals surface area contributed by atoms with E-state index < -0.39 is 113 Å². The third-order valence-corrected chi connectivity index (χ3v) is 13.8. The van der Waals surface area contributed by atoms with Crippen molar-refractivity contribution in [3.63, 3.8) is 0 Å². The van der Waals surface area contributed by atoms with Gasteiger partial charge in [0.15, 0.2) is 23.6 Å². The van der Waals surface area contributed by atoms with Gasteiger partial charge in [0, 0.05) is 42.7 Å². The Kier molecular flexibility index (Phi) is 12.2. The molecule has 3 aromatic rings. The molecule has 0 aromatic heterocycles. The molecule has 1 heterocycles. The highest BCUT2D eigenvalue weighted by Crippen LogP contribution is 2.64. The Morgan fingerprint density at radius 3 is 2.02 bits per heavy atom. The Balaban J connectivity index is 1.39. The molecule has 3 aromatic carbocycles. The second-order valence-electron chi connectivity index (χ2n) is 17.5. The average molecular weight is 888 g/mol. The Morgan fingerprint density at radius 1 is 0.857 bits per heavy atom. The third kappa shape index (κ3) is 7.73. The second kappa shape index (κ2) is 16.9. The second-order valence-corrected chi connectivity index (χ2v) is 17.9. The van der Waals surface area contributed by atoms with Crippen LogP contribution in [0.25, 0.3) is 0 Å². The number of esters is 4. The van der Waals surface area contributed by atoms with Crippen LogP contribution < -0.4 is 5.32 Å². The SMILES string of the molecule is CC(=O)O[C@H]1C(=O)[C@@]2(C)C([C@H](OC(=O)c3ccccc3)[C@]3(O)C[C@H](OC(=O)[C@H](O)[C@H](NC(=O)c4ccccc4)c4ccc(Cl)cc4)C(C)=C1C3(C)C)[C@@]1(OC(C)=O)CO[C@@H]1C[C@@H]2O. The molecule has 1 amide bonds. The molecule has 1 unspecified atom stereocenters. The summed E-state index contributed by atoms with van der Waals surface area (Å²) in [5.74, 6) is -6.95. The maximum atomic E-state index is 15.5. The molecule has 16 heteroatoms. The van der Waals surface area contributed by atoms with Crippen molar-refractivity contribution < 1.29 is 67.8 Å². The van der Waals surface area contributed by atoms with Crippen LogP contribution in [0.15, 0.2) is 96.1 Å². The van der Waals surface area contributed by atoms with Gasteiger partial charge in [0.25, 0.3) is 5.91 Å². The van der Waals surface area contributed by atoms with Crippen LogP contribution in [0.3, 0.4) is 0 Å². The van der Waals surface area contributed by atoms with Crippen molar-refractivity contribution in [1.82, 2.24) is 5.32 Å². The fraction of sp³-hybridized carbons (Fsp3) is 0.447. The topological polar surface area (TPSA) is 221 Å². The fourth-order valence-corrected chi connectivity index (χ4v) is 10.3. The van der Waals surface area contributed by atoms with Gasteiger partial charge in [-0.25, -0.2) is 9.59 Å². The number of hydrogen-bond donors (Lipinski definition) is 4. The van der Waals surface area contributed by atoms with E-state index >= 15 is 4.79 Å². The van der Waals surface area contributed by atoms with E-state index in [4.69, 9.17) is 35.3 Å². The summed E-state index contributed by atoms with van der Waals surface area (Å²) in [6.45, 7) is 7.92. The number of carbonyl (C=O) groups excluding carboxylic acids is 6. The standard InChI is InChI=1S/C47H50ClNO14/c1-24-31(61-43(57)36(53)35(27-17-19-30(48)20-18-27)49-41(55)28-13-9-7-10-14-28)22-47(58)40(62-42(56)29-15-11-8-12-16-29)38-45(6,32(52)21-33-46(38,23-59-33)63-26(3)51)39(54)37(60-25(2)50)34(24)44(47,4)5/h7-20,31-33,35-38,40,52-53,58H,21-23H2,1-6H3,(H,49,55)/t31-,32-,33+,35+,36+,37+,38?,40-,45+,46+,47+/m0/s1. The first-order valence-electron chi connectivity index (χ1n) is 20.6. The van der Waals surface area contributed by atoms with Gasteiger partial charge in [0.05, 0.1) is 35.6 Å². The molecule has 0 radical (unpaired) electrons. The van der Waals surface area contributed by atoms with Crippen LogP contribution in [0.2, 0.25) is 5.02 Å². The molecular formula is C47H50ClNO14. The maximum absolute atomic E-state index is 15.5. The summed E-state index contributed by atoms with van der Waals surface area (Å²) in [6.07, 6.45) is -10.7. The number of benzene rings is 3. The highest BCUT2D eigenvalue weighted by atomic mass is 35.5. The number of Topliss-reactive ketones (excluding diaryl/α,β-unsaturated/α-hetero) is 1. The number of ether oxygens (including phenoxy) is 5. The predicted molar refractivity (Wildman–Crippen MR) is 223 cm³/mol. The van der Waals surface area contributed by atoms with Crippen LogP contribution in [0.4, 0.5) is 0 Å². The van der Waals surface area contributed by atoms with Crippen molar-refractivity contribution in [3.8, 4) is 0 Å². The van der Waals surface area contributed by atoms with Gasteiger partial charge in [0.2, 0.25) is 0 Å². The molecule has 0 spiro atoms. The number of hydrogen-bond acceptors (Lipinski definition) is 14. The molecule has 1 aliphatic heterocycles. The van der Waals surface area contributed by atoms with Crippen LogP contribution in [0, 0.1) is 16.7 Å². The number of aliphatic hydroxyl groups excluding tert-OH is 2. The van der Waals surface area contributed by atoms with E-state index in [9.17, 15) is 39.3 Å². The monoisotopic (exact) mass is 887 g/mol. The molecule has 334 valence electrons. The molecule has 15 nitrogen and oxygen atoms in total. The van der Waals surface area contributed by atoms with E-state index in [0.717, 1.165) is 13.8 Å². The molecule has 3 fully saturated rings. The van der Waals surface area contributed by atoms with Gasteiger partial charge in [0.1, 0.15) is 23.9 Å². The first kappa shape index (κ1) is 45.6. The minimum Gasteiger partial charge on any atom is -0.456 e. The predicted octanol–water partition coefficient (Wildman–Crippen LogP) is 4.39. The first-order valence-corrected chi connectivity index (χ1v) is 21.0. The number of amides is 1. The lowest BCUT2D eigenvalue weighted by Gasteiger charge is -2.67. The Morgan fingerprint density at radius 2 is 1.46 bits per heavy atom. The maximum Gasteiger partial charge on any atom is 0.338 e. The summed E-state index contributed by atoms with van der Waals surface area (Å²) in [4.78, 5) is 83.6. The van der Waals surface area contributed by atoms with Crippen molar-refractivity contribution in [2.75, 3.05) is 6.61 Å². The zero-order valence-electron chi connectivity index (χ0n) is 35.5. The van der Waals surface area contributed by atoms with Gasteiger partial charge in [-0.1, -0.05) is 74.0 Å². The van der Waals surface area contributed by atoms with Crippen LogP contribution >= 0.6 is 11.6 Å². The highest BCUT2D eigenvalue weighted by molar-refractivity contribution is 6.30. The third-order valence-electron chi connectivity index (χ3n) is 13.6. The number of aliphatic hydroxyl groups is 3. The minimum absolute atomic E-state index is 0.0171. The molecule has 1 saturated heterocycles. The average Bonchev–Trinajstić information content (AvgIpc) is 3.24. The van der Waals surface area contributed by atoms with Crippen molar-refractivity contribution in [2.45, 2.75) is 108 Å². The zero-order valence-corrected chi connectivity index (χ0v) is 36.3. The van der Waals surface area contributed by atoms with Gasteiger partial charge >= 0.3 is 23.9 Å². The van der Waals surface area contributed by atoms with Gasteiger partial charge in [-0.3, -0.25) is 19.2 Å².